The molecule has 2 nitrogen and oxygen atoms in total. The zero-order chi connectivity index (χ0) is 12.5. The van der Waals surface area contributed by atoms with Gasteiger partial charge in [-0.3, -0.25) is 0 Å². The van der Waals surface area contributed by atoms with Gasteiger partial charge in [0.25, 0.3) is 0 Å². The van der Waals surface area contributed by atoms with E-state index in [1.54, 1.807) is 0 Å². The van der Waals surface area contributed by atoms with E-state index in [-0.39, 0.29) is 0 Å². The molecule has 1 aliphatic carbocycles. The van der Waals surface area contributed by atoms with Crippen molar-refractivity contribution in [3.8, 4) is 0 Å². The highest BCUT2D eigenvalue weighted by Gasteiger charge is 2.21. The second-order valence-electron chi connectivity index (χ2n) is 5.30. The molecule has 0 radical (unpaired) electrons. The predicted octanol–water partition coefficient (Wildman–Crippen LogP) is 3.53. The van der Waals surface area contributed by atoms with E-state index in [9.17, 15) is 0 Å². The summed E-state index contributed by atoms with van der Waals surface area (Å²) in [5.41, 5.74) is 1.18. The molecule has 1 aliphatic rings. The van der Waals surface area contributed by atoms with E-state index in [1.165, 1.54) is 44.1 Å². The van der Waals surface area contributed by atoms with Gasteiger partial charge >= 0.3 is 0 Å². The van der Waals surface area contributed by atoms with E-state index in [2.05, 4.69) is 25.7 Å². The fourth-order valence-corrected chi connectivity index (χ4v) is 2.49. The number of hydrogen-bond acceptors (Lipinski definition) is 2. The number of ether oxygens (including phenoxy) is 1. The van der Waals surface area contributed by atoms with Gasteiger partial charge in [0.05, 0.1) is 12.7 Å². The van der Waals surface area contributed by atoms with Gasteiger partial charge in [-0.1, -0.05) is 39.7 Å². The normalized spacial score (nSPS) is 24.8. The summed E-state index contributed by atoms with van der Waals surface area (Å²) in [5.74, 6) is 0.889. The first kappa shape index (κ1) is 14.7. The van der Waals surface area contributed by atoms with Gasteiger partial charge in [-0.15, -0.1) is 0 Å². The van der Waals surface area contributed by atoms with E-state index >= 15 is 0 Å². The molecule has 1 fully saturated rings. The van der Waals surface area contributed by atoms with Gasteiger partial charge in [-0.05, 0) is 37.3 Å². The molecule has 1 rings (SSSR count). The predicted molar refractivity (Wildman–Crippen MR) is 74.3 cm³/mol. The lowest BCUT2D eigenvalue weighted by Crippen LogP contribution is -2.25. The van der Waals surface area contributed by atoms with Crippen LogP contribution in [0.3, 0.4) is 0 Å². The minimum atomic E-state index is 0.483. The van der Waals surface area contributed by atoms with Crippen molar-refractivity contribution in [1.29, 1.82) is 0 Å². The average molecular weight is 239 g/mol. The SMILES string of the molecule is C=C(CNCCC)COC1CCCC(CC)C1. The summed E-state index contributed by atoms with van der Waals surface area (Å²) < 4.78 is 5.97. The Morgan fingerprint density at radius 3 is 2.88 bits per heavy atom. The van der Waals surface area contributed by atoms with Crippen LogP contribution in [0.1, 0.15) is 52.4 Å². The largest absolute Gasteiger partial charge is 0.374 e. The monoisotopic (exact) mass is 239 g/mol. The minimum Gasteiger partial charge on any atom is -0.374 e. The van der Waals surface area contributed by atoms with Gasteiger partial charge < -0.3 is 10.1 Å². The molecule has 0 aromatic heterocycles. The van der Waals surface area contributed by atoms with Gasteiger partial charge in [0, 0.05) is 6.54 Å². The molecular weight excluding hydrogens is 210 g/mol. The number of hydrogen-bond donors (Lipinski definition) is 1. The Morgan fingerprint density at radius 2 is 2.18 bits per heavy atom. The minimum absolute atomic E-state index is 0.483. The standard InChI is InChI=1S/C15H29NO/c1-4-9-16-11-13(3)12-17-15-8-6-7-14(5-2)10-15/h14-16H,3-12H2,1-2H3. The molecule has 2 heteroatoms. The van der Waals surface area contributed by atoms with Crippen molar-refractivity contribution in [2.75, 3.05) is 19.7 Å². The molecule has 0 aliphatic heterocycles. The van der Waals surface area contributed by atoms with Crippen LogP contribution in [-0.2, 0) is 4.74 Å². The van der Waals surface area contributed by atoms with Gasteiger partial charge in [0.15, 0.2) is 0 Å². The van der Waals surface area contributed by atoms with Crippen LogP contribution in [0, 0.1) is 5.92 Å². The van der Waals surface area contributed by atoms with Crippen LogP contribution in [0.15, 0.2) is 12.2 Å². The molecule has 0 aromatic carbocycles. The summed E-state index contributed by atoms with van der Waals surface area (Å²) in [6.45, 7) is 11.2. The van der Waals surface area contributed by atoms with Crippen molar-refractivity contribution in [3.05, 3.63) is 12.2 Å². The third kappa shape index (κ3) is 6.23. The summed E-state index contributed by atoms with van der Waals surface area (Å²) >= 11 is 0. The van der Waals surface area contributed by atoms with E-state index in [4.69, 9.17) is 4.74 Å². The van der Waals surface area contributed by atoms with Gasteiger partial charge in [0.1, 0.15) is 0 Å². The van der Waals surface area contributed by atoms with Crippen molar-refractivity contribution < 1.29 is 4.74 Å². The van der Waals surface area contributed by atoms with E-state index in [1.807, 2.05) is 0 Å². The summed E-state index contributed by atoms with van der Waals surface area (Å²) in [4.78, 5) is 0. The Balaban J connectivity index is 2.10. The van der Waals surface area contributed by atoms with E-state index in [0.29, 0.717) is 6.10 Å². The Morgan fingerprint density at radius 1 is 1.35 bits per heavy atom. The molecule has 0 heterocycles. The number of nitrogens with one attached hydrogen (secondary N) is 1. The van der Waals surface area contributed by atoms with Crippen LogP contribution in [0.2, 0.25) is 0 Å². The zero-order valence-corrected chi connectivity index (χ0v) is 11.6. The lowest BCUT2D eigenvalue weighted by Gasteiger charge is -2.28. The molecular formula is C15H29NO. The molecule has 2 atom stereocenters. The Labute approximate surface area is 107 Å². The molecule has 0 bridgehead atoms. The van der Waals surface area contributed by atoms with Crippen molar-refractivity contribution in [3.63, 3.8) is 0 Å². The van der Waals surface area contributed by atoms with Crippen molar-refractivity contribution in [2.45, 2.75) is 58.5 Å². The Bertz CT molecular complexity index is 215. The first-order valence-corrected chi connectivity index (χ1v) is 7.25. The molecule has 1 N–H and O–H groups in total. The summed E-state index contributed by atoms with van der Waals surface area (Å²) in [6.07, 6.45) is 8.20. The van der Waals surface area contributed by atoms with E-state index in [0.717, 1.165) is 25.6 Å². The van der Waals surface area contributed by atoms with Gasteiger partial charge in [-0.2, -0.15) is 0 Å². The first-order chi connectivity index (χ1) is 8.26. The molecule has 0 saturated heterocycles. The van der Waals surface area contributed by atoms with Crippen LogP contribution in [0.5, 0.6) is 0 Å². The lowest BCUT2D eigenvalue weighted by molar-refractivity contribution is 0.0246. The van der Waals surface area contributed by atoms with Gasteiger partial charge in [0.2, 0.25) is 0 Å². The summed E-state index contributed by atoms with van der Waals surface area (Å²) in [7, 11) is 0. The molecule has 1 saturated carbocycles. The van der Waals surface area contributed by atoms with E-state index < -0.39 is 0 Å². The van der Waals surface area contributed by atoms with Crippen LogP contribution in [0.4, 0.5) is 0 Å². The fraction of sp³-hybridized carbons (Fsp3) is 0.867. The van der Waals surface area contributed by atoms with Crippen molar-refractivity contribution in [2.24, 2.45) is 5.92 Å². The maximum Gasteiger partial charge on any atom is 0.0690 e. The molecule has 17 heavy (non-hydrogen) atoms. The van der Waals surface area contributed by atoms with Crippen LogP contribution >= 0.6 is 0 Å². The second kappa shape index (κ2) is 8.71. The molecule has 0 spiro atoms. The zero-order valence-electron chi connectivity index (χ0n) is 11.6. The van der Waals surface area contributed by atoms with Crippen molar-refractivity contribution in [1.82, 2.24) is 5.32 Å². The van der Waals surface area contributed by atoms with Crippen molar-refractivity contribution >= 4 is 0 Å². The Hall–Kier alpha value is -0.340. The lowest BCUT2D eigenvalue weighted by atomic mass is 9.85. The van der Waals surface area contributed by atoms with Crippen LogP contribution in [0.25, 0.3) is 0 Å². The first-order valence-electron chi connectivity index (χ1n) is 7.25. The smallest absolute Gasteiger partial charge is 0.0690 e. The highest BCUT2D eigenvalue weighted by molar-refractivity contribution is 4.97. The highest BCUT2D eigenvalue weighted by atomic mass is 16.5. The Kier molecular flexibility index (Phi) is 7.54. The average Bonchev–Trinajstić information content (AvgIpc) is 2.37. The maximum absolute atomic E-state index is 5.97. The highest BCUT2D eigenvalue weighted by Crippen LogP contribution is 2.28. The van der Waals surface area contributed by atoms with Crippen LogP contribution in [-0.4, -0.2) is 25.8 Å². The molecule has 100 valence electrons. The summed E-state index contributed by atoms with van der Waals surface area (Å²) in [6, 6.07) is 0. The van der Waals surface area contributed by atoms with Crippen LogP contribution < -0.4 is 5.32 Å². The van der Waals surface area contributed by atoms with Gasteiger partial charge in [-0.25, -0.2) is 0 Å². The third-order valence-corrected chi connectivity index (χ3v) is 3.64. The quantitative estimate of drug-likeness (QED) is 0.517. The molecule has 2 unspecified atom stereocenters. The number of rotatable bonds is 8. The maximum atomic E-state index is 5.97. The fourth-order valence-electron chi connectivity index (χ4n) is 2.49. The summed E-state index contributed by atoms with van der Waals surface area (Å²) in [5, 5.41) is 3.36. The topological polar surface area (TPSA) is 21.3 Å². The molecule has 0 aromatic rings. The third-order valence-electron chi connectivity index (χ3n) is 3.64. The second-order valence-corrected chi connectivity index (χ2v) is 5.30. The molecule has 0 amide bonds.